The third-order valence-corrected chi connectivity index (χ3v) is 5.42. The molecule has 33 heavy (non-hydrogen) atoms. The smallest absolute Gasteiger partial charge is 0.282 e. The maximum atomic E-state index is 13.5. The fraction of sp³-hybridized carbons (Fsp3) is 0.214. The topological polar surface area (TPSA) is 58.6 Å². The van der Waals surface area contributed by atoms with Crippen molar-refractivity contribution < 1.29 is 14.3 Å². The summed E-state index contributed by atoms with van der Waals surface area (Å²) < 4.78 is 5.77. The molecule has 0 fully saturated rings. The standard InChI is InChI=1S/C28H28N2O3/c1-18(2)17-33-24-15-9-21(10-16-24)25-26(29-22-11-5-19(3)6-12-22)28(32)30(27(25)31)23-13-7-20(4)8-14-23/h5-16,18,29H,17H2,1-4H3. The molecule has 0 radical (unpaired) electrons. The first-order valence-electron chi connectivity index (χ1n) is 11.1. The second-order valence-electron chi connectivity index (χ2n) is 8.75. The molecule has 0 saturated carbocycles. The SMILES string of the molecule is Cc1ccc(NC2=C(c3ccc(OCC(C)C)cc3)C(=O)N(c3ccc(C)cc3)C2=O)cc1. The molecular formula is C28H28N2O3. The highest BCUT2D eigenvalue weighted by Gasteiger charge is 2.40. The number of anilines is 2. The zero-order chi connectivity index (χ0) is 23.5. The largest absolute Gasteiger partial charge is 0.493 e. The van der Waals surface area contributed by atoms with Crippen LogP contribution in [-0.4, -0.2) is 18.4 Å². The van der Waals surface area contributed by atoms with Crippen molar-refractivity contribution in [2.75, 3.05) is 16.8 Å². The van der Waals surface area contributed by atoms with Crippen molar-refractivity contribution in [3.63, 3.8) is 0 Å². The maximum Gasteiger partial charge on any atom is 0.282 e. The van der Waals surface area contributed by atoms with Crippen molar-refractivity contribution >= 4 is 28.8 Å². The van der Waals surface area contributed by atoms with Gasteiger partial charge >= 0.3 is 0 Å². The summed E-state index contributed by atoms with van der Waals surface area (Å²) in [6.07, 6.45) is 0. The summed E-state index contributed by atoms with van der Waals surface area (Å²) in [5, 5.41) is 3.20. The predicted molar refractivity (Wildman–Crippen MR) is 132 cm³/mol. The molecule has 0 atom stereocenters. The van der Waals surface area contributed by atoms with Gasteiger partial charge in [-0.1, -0.05) is 61.4 Å². The van der Waals surface area contributed by atoms with E-state index in [0.29, 0.717) is 29.3 Å². The molecule has 4 rings (SSSR count). The molecule has 0 aromatic heterocycles. The lowest BCUT2D eigenvalue weighted by Crippen LogP contribution is -2.32. The van der Waals surface area contributed by atoms with E-state index in [1.54, 1.807) is 12.1 Å². The number of ether oxygens (including phenoxy) is 1. The Bertz CT molecular complexity index is 1190. The van der Waals surface area contributed by atoms with Gasteiger partial charge in [-0.15, -0.1) is 0 Å². The van der Waals surface area contributed by atoms with Crippen LogP contribution in [0.5, 0.6) is 5.75 Å². The molecular weight excluding hydrogens is 412 g/mol. The van der Waals surface area contributed by atoms with E-state index in [1.807, 2.05) is 74.5 Å². The number of imide groups is 1. The van der Waals surface area contributed by atoms with Crippen LogP contribution in [0.4, 0.5) is 11.4 Å². The summed E-state index contributed by atoms with van der Waals surface area (Å²) >= 11 is 0. The molecule has 1 N–H and O–H groups in total. The molecule has 5 heteroatoms. The number of carbonyl (C=O) groups excluding carboxylic acids is 2. The van der Waals surface area contributed by atoms with Gasteiger partial charge in [0.1, 0.15) is 11.4 Å². The van der Waals surface area contributed by atoms with Crippen molar-refractivity contribution in [2.24, 2.45) is 5.92 Å². The van der Waals surface area contributed by atoms with Crippen molar-refractivity contribution in [2.45, 2.75) is 27.7 Å². The molecule has 1 heterocycles. The second-order valence-corrected chi connectivity index (χ2v) is 8.75. The van der Waals surface area contributed by atoms with E-state index in [2.05, 4.69) is 19.2 Å². The van der Waals surface area contributed by atoms with E-state index >= 15 is 0 Å². The summed E-state index contributed by atoms with van der Waals surface area (Å²) in [6.45, 7) is 8.76. The minimum Gasteiger partial charge on any atom is -0.493 e. The van der Waals surface area contributed by atoms with Crippen LogP contribution >= 0.6 is 0 Å². The van der Waals surface area contributed by atoms with Crippen LogP contribution in [0.2, 0.25) is 0 Å². The van der Waals surface area contributed by atoms with E-state index in [9.17, 15) is 9.59 Å². The summed E-state index contributed by atoms with van der Waals surface area (Å²) in [7, 11) is 0. The first kappa shape index (κ1) is 22.3. The number of amides is 2. The molecule has 0 saturated heterocycles. The summed E-state index contributed by atoms with van der Waals surface area (Å²) in [6, 6.07) is 22.4. The average molecular weight is 441 g/mol. The van der Waals surface area contributed by atoms with Gasteiger partial charge in [0.25, 0.3) is 11.8 Å². The van der Waals surface area contributed by atoms with Crippen molar-refractivity contribution in [1.29, 1.82) is 0 Å². The lowest BCUT2D eigenvalue weighted by molar-refractivity contribution is -0.120. The number of nitrogens with zero attached hydrogens (tertiary/aromatic N) is 1. The normalized spacial score (nSPS) is 13.8. The average Bonchev–Trinajstić information content (AvgIpc) is 3.04. The summed E-state index contributed by atoms with van der Waals surface area (Å²) in [5.74, 6) is 0.414. The Morgan fingerprint density at radius 2 is 1.36 bits per heavy atom. The number of hydrogen-bond donors (Lipinski definition) is 1. The number of benzene rings is 3. The lowest BCUT2D eigenvalue weighted by Gasteiger charge is -2.15. The highest BCUT2D eigenvalue weighted by Crippen LogP contribution is 2.34. The molecule has 168 valence electrons. The molecule has 0 bridgehead atoms. The Morgan fingerprint density at radius 3 is 1.94 bits per heavy atom. The van der Waals surface area contributed by atoms with Crippen LogP contribution in [0.1, 0.15) is 30.5 Å². The molecule has 5 nitrogen and oxygen atoms in total. The van der Waals surface area contributed by atoms with Crippen LogP contribution in [-0.2, 0) is 9.59 Å². The zero-order valence-electron chi connectivity index (χ0n) is 19.4. The predicted octanol–water partition coefficient (Wildman–Crippen LogP) is 5.73. The minimum absolute atomic E-state index is 0.264. The van der Waals surface area contributed by atoms with Gasteiger partial charge in [0.2, 0.25) is 0 Å². The van der Waals surface area contributed by atoms with Crippen LogP contribution in [0, 0.1) is 19.8 Å². The number of aryl methyl sites for hydroxylation is 2. The van der Waals surface area contributed by atoms with Crippen LogP contribution in [0.25, 0.3) is 5.57 Å². The van der Waals surface area contributed by atoms with Crippen LogP contribution in [0.3, 0.4) is 0 Å². The molecule has 0 unspecified atom stereocenters. The van der Waals surface area contributed by atoms with Gasteiger partial charge in [0.15, 0.2) is 0 Å². The Balaban J connectivity index is 1.73. The number of hydrogen-bond acceptors (Lipinski definition) is 4. The molecule has 0 aliphatic carbocycles. The van der Waals surface area contributed by atoms with Gasteiger partial charge in [0.05, 0.1) is 17.9 Å². The third kappa shape index (κ3) is 4.82. The molecule has 1 aliphatic heterocycles. The zero-order valence-corrected chi connectivity index (χ0v) is 19.4. The molecule has 0 spiro atoms. The van der Waals surface area contributed by atoms with Gasteiger partial charge in [-0.3, -0.25) is 9.59 Å². The Morgan fingerprint density at radius 1 is 0.788 bits per heavy atom. The van der Waals surface area contributed by atoms with Crippen molar-refractivity contribution in [1.82, 2.24) is 0 Å². The fourth-order valence-electron chi connectivity index (χ4n) is 3.60. The van der Waals surface area contributed by atoms with E-state index < -0.39 is 0 Å². The highest BCUT2D eigenvalue weighted by molar-refractivity contribution is 6.46. The number of nitrogens with one attached hydrogen (secondary N) is 1. The highest BCUT2D eigenvalue weighted by atomic mass is 16.5. The van der Waals surface area contributed by atoms with Gasteiger partial charge in [0, 0.05) is 5.69 Å². The third-order valence-electron chi connectivity index (χ3n) is 5.42. The monoisotopic (exact) mass is 440 g/mol. The quantitative estimate of drug-likeness (QED) is 0.476. The maximum absolute atomic E-state index is 13.5. The molecule has 2 amide bonds. The Labute approximate surface area is 194 Å². The van der Waals surface area contributed by atoms with Gasteiger partial charge in [-0.25, -0.2) is 4.90 Å². The van der Waals surface area contributed by atoms with Gasteiger partial charge in [-0.05, 0) is 61.7 Å². The van der Waals surface area contributed by atoms with E-state index in [0.717, 1.165) is 22.6 Å². The second kappa shape index (κ2) is 9.33. The Kier molecular flexibility index (Phi) is 6.31. The van der Waals surface area contributed by atoms with E-state index in [1.165, 1.54) is 4.90 Å². The first-order valence-corrected chi connectivity index (χ1v) is 11.1. The lowest BCUT2D eigenvalue weighted by atomic mass is 10.0. The summed E-state index contributed by atoms with van der Waals surface area (Å²) in [5.41, 5.74) is 4.73. The van der Waals surface area contributed by atoms with Gasteiger partial charge in [-0.2, -0.15) is 0 Å². The Hall–Kier alpha value is -3.86. The molecule has 1 aliphatic rings. The summed E-state index contributed by atoms with van der Waals surface area (Å²) in [4.78, 5) is 28.2. The van der Waals surface area contributed by atoms with Crippen molar-refractivity contribution in [3.8, 4) is 5.75 Å². The molecule has 3 aromatic rings. The van der Waals surface area contributed by atoms with E-state index in [4.69, 9.17) is 4.74 Å². The van der Waals surface area contributed by atoms with Crippen LogP contribution < -0.4 is 15.0 Å². The van der Waals surface area contributed by atoms with Gasteiger partial charge < -0.3 is 10.1 Å². The number of carbonyl (C=O) groups is 2. The number of rotatable bonds is 7. The molecule has 3 aromatic carbocycles. The first-order chi connectivity index (χ1) is 15.8. The minimum atomic E-state index is -0.375. The van der Waals surface area contributed by atoms with Crippen LogP contribution in [0.15, 0.2) is 78.5 Å². The fourth-order valence-corrected chi connectivity index (χ4v) is 3.60. The van der Waals surface area contributed by atoms with E-state index in [-0.39, 0.29) is 17.5 Å². The van der Waals surface area contributed by atoms with Crippen molar-refractivity contribution in [3.05, 3.63) is 95.2 Å².